The van der Waals surface area contributed by atoms with Crippen LogP contribution in [0.2, 0.25) is 10.0 Å². The number of amides is 1. The van der Waals surface area contributed by atoms with Gasteiger partial charge in [-0.2, -0.15) is 0 Å². The maximum absolute atomic E-state index is 11.7. The minimum Gasteiger partial charge on any atom is -0.322 e. The highest BCUT2D eigenvalue weighted by Gasteiger charge is 2.25. The predicted octanol–water partition coefficient (Wildman–Crippen LogP) is 4.87. The third-order valence-corrected chi connectivity index (χ3v) is 3.20. The van der Waals surface area contributed by atoms with E-state index in [4.69, 9.17) is 23.2 Å². The standard InChI is InChI=1S/C10H9Br2Cl2NO/c1-10(2,12)9(16)15-8-6(13)3-5(11)4-7(8)14/h3-4H,1-2H3,(H,15,16). The summed E-state index contributed by atoms with van der Waals surface area (Å²) in [5.41, 5.74) is 0.420. The highest BCUT2D eigenvalue weighted by atomic mass is 79.9. The molecule has 1 rings (SSSR count). The van der Waals surface area contributed by atoms with Crippen molar-refractivity contribution >= 4 is 66.7 Å². The lowest BCUT2D eigenvalue weighted by molar-refractivity contribution is -0.117. The molecule has 0 aliphatic heterocycles. The molecule has 88 valence electrons. The number of hydrogen-bond acceptors (Lipinski definition) is 1. The van der Waals surface area contributed by atoms with E-state index in [0.29, 0.717) is 15.7 Å². The normalized spacial score (nSPS) is 11.4. The first-order valence-electron chi connectivity index (χ1n) is 4.36. The van der Waals surface area contributed by atoms with Crippen molar-refractivity contribution in [1.29, 1.82) is 0 Å². The van der Waals surface area contributed by atoms with Gasteiger partial charge in [-0.05, 0) is 26.0 Å². The molecular weight excluding hydrogens is 381 g/mol. The summed E-state index contributed by atoms with van der Waals surface area (Å²) in [6.45, 7) is 3.48. The fraction of sp³-hybridized carbons (Fsp3) is 0.300. The molecule has 0 atom stereocenters. The Hall–Kier alpha value is 0.230. The lowest BCUT2D eigenvalue weighted by Crippen LogP contribution is -2.31. The van der Waals surface area contributed by atoms with Crippen LogP contribution in [0.15, 0.2) is 16.6 Å². The Kier molecular flexibility index (Phi) is 4.69. The number of halogens is 4. The van der Waals surface area contributed by atoms with Gasteiger partial charge < -0.3 is 5.32 Å². The van der Waals surface area contributed by atoms with Crippen molar-refractivity contribution < 1.29 is 4.79 Å². The minimum atomic E-state index is -0.674. The van der Waals surface area contributed by atoms with Gasteiger partial charge >= 0.3 is 0 Å². The second-order valence-corrected chi connectivity index (χ2v) is 7.38. The molecule has 0 bridgehead atoms. The van der Waals surface area contributed by atoms with Crippen molar-refractivity contribution in [3.05, 3.63) is 26.7 Å². The first-order chi connectivity index (χ1) is 7.21. The van der Waals surface area contributed by atoms with Crippen LogP contribution in [0.1, 0.15) is 13.8 Å². The second-order valence-electron chi connectivity index (χ2n) is 3.67. The van der Waals surface area contributed by atoms with E-state index in [1.165, 1.54) is 0 Å². The van der Waals surface area contributed by atoms with E-state index in [1.807, 2.05) is 0 Å². The number of benzene rings is 1. The summed E-state index contributed by atoms with van der Waals surface area (Å²) >= 11 is 18.5. The molecule has 1 N–H and O–H groups in total. The SMILES string of the molecule is CC(C)(Br)C(=O)Nc1c(Cl)cc(Br)cc1Cl. The summed E-state index contributed by atoms with van der Waals surface area (Å²) in [5, 5.41) is 3.46. The van der Waals surface area contributed by atoms with Gasteiger partial charge in [-0.3, -0.25) is 4.79 Å². The van der Waals surface area contributed by atoms with Gasteiger partial charge in [0.25, 0.3) is 0 Å². The summed E-state index contributed by atoms with van der Waals surface area (Å²) in [6, 6.07) is 3.34. The zero-order valence-corrected chi connectivity index (χ0v) is 13.3. The Bertz CT molecular complexity index is 406. The number of carbonyl (C=O) groups excluding carboxylic acids is 1. The van der Waals surface area contributed by atoms with E-state index >= 15 is 0 Å². The molecule has 2 nitrogen and oxygen atoms in total. The van der Waals surface area contributed by atoms with Crippen LogP contribution in [-0.2, 0) is 4.79 Å². The molecular formula is C10H9Br2Cl2NO. The molecule has 0 aliphatic carbocycles. The van der Waals surface area contributed by atoms with E-state index in [9.17, 15) is 4.79 Å². The molecule has 0 unspecified atom stereocenters. The van der Waals surface area contributed by atoms with Crippen molar-refractivity contribution in [2.24, 2.45) is 0 Å². The lowest BCUT2D eigenvalue weighted by atomic mass is 10.2. The number of alkyl halides is 1. The molecule has 0 saturated carbocycles. The fourth-order valence-electron chi connectivity index (χ4n) is 0.924. The third-order valence-electron chi connectivity index (χ3n) is 1.79. The molecule has 0 saturated heterocycles. The number of hydrogen-bond donors (Lipinski definition) is 1. The molecule has 1 amide bonds. The van der Waals surface area contributed by atoms with Crippen molar-refractivity contribution in [2.45, 2.75) is 18.2 Å². The Labute approximate surface area is 121 Å². The predicted molar refractivity (Wildman–Crippen MR) is 75.8 cm³/mol. The van der Waals surface area contributed by atoms with E-state index in [2.05, 4.69) is 37.2 Å². The number of anilines is 1. The molecule has 16 heavy (non-hydrogen) atoms. The summed E-state index contributed by atoms with van der Waals surface area (Å²) in [6.07, 6.45) is 0. The molecule has 0 aromatic heterocycles. The van der Waals surface area contributed by atoms with E-state index in [0.717, 1.165) is 4.47 Å². The molecule has 0 radical (unpaired) electrons. The van der Waals surface area contributed by atoms with Crippen LogP contribution in [0.5, 0.6) is 0 Å². The molecule has 0 spiro atoms. The van der Waals surface area contributed by atoms with E-state index in [1.54, 1.807) is 26.0 Å². The first kappa shape index (κ1) is 14.3. The van der Waals surface area contributed by atoms with Crippen molar-refractivity contribution in [1.82, 2.24) is 0 Å². The average Bonchev–Trinajstić information content (AvgIpc) is 2.08. The summed E-state index contributed by atoms with van der Waals surface area (Å²) in [7, 11) is 0. The maximum Gasteiger partial charge on any atom is 0.240 e. The van der Waals surface area contributed by atoms with Gasteiger partial charge in [0.15, 0.2) is 0 Å². The zero-order chi connectivity index (χ0) is 12.5. The fourth-order valence-corrected chi connectivity index (χ4v) is 2.33. The van der Waals surface area contributed by atoms with Crippen molar-refractivity contribution in [3.63, 3.8) is 0 Å². The topological polar surface area (TPSA) is 29.1 Å². The largest absolute Gasteiger partial charge is 0.322 e. The van der Waals surface area contributed by atoms with E-state index < -0.39 is 4.32 Å². The molecule has 0 heterocycles. The van der Waals surface area contributed by atoms with Gasteiger partial charge in [0.1, 0.15) is 0 Å². The number of rotatable bonds is 2. The second kappa shape index (κ2) is 5.25. The smallest absolute Gasteiger partial charge is 0.240 e. The molecule has 1 aromatic rings. The highest BCUT2D eigenvalue weighted by molar-refractivity contribution is 9.10. The van der Waals surface area contributed by atoms with Gasteiger partial charge in [0.2, 0.25) is 5.91 Å². The average molecular weight is 390 g/mol. The molecule has 1 aromatic carbocycles. The summed E-state index contributed by atoms with van der Waals surface area (Å²) in [4.78, 5) is 11.7. The molecule has 0 fully saturated rings. The van der Waals surface area contributed by atoms with E-state index in [-0.39, 0.29) is 5.91 Å². The van der Waals surface area contributed by atoms with Crippen LogP contribution < -0.4 is 5.32 Å². The maximum atomic E-state index is 11.7. The first-order valence-corrected chi connectivity index (χ1v) is 6.71. The highest BCUT2D eigenvalue weighted by Crippen LogP contribution is 2.34. The van der Waals surface area contributed by atoms with Crippen molar-refractivity contribution in [3.8, 4) is 0 Å². The van der Waals surface area contributed by atoms with Gasteiger partial charge in [-0.15, -0.1) is 0 Å². The van der Waals surface area contributed by atoms with Crippen molar-refractivity contribution in [2.75, 3.05) is 5.32 Å². The van der Waals surface area contributed by atoms with Crippen LogP contribution >= 0.6 is 55.1 Å². The third kappa shape index (κ3) is 3.62. The van der Waals surface area contributed by atoms with Crippen LogP contribution in [-0.4, -0.2) is 10.2 Å². The number of nitrogens with one attached hydrogen (secondary N) is 1. The van der Waals surface area contributed by atoms with Crippen LogP contribution in [0, 0.1) is 0 Å². The Morgan fingerprint density at radius 2 is 1.75 bits per heavy atom. The van der Waals surface area contributed by atoms with Crippen LogP contribution in [0.4, 0.5) is 5.69 Å². The van der Waals surface area contributed by atoms with Crippen LogP contribution in [0.25, 0.3) is 0 Å². The lowest BCUT2D eigenvalue weighted by Gasteiger charge is -2.17. The quantitative estimate of drug-likeness (QED) is 0.718. The molecule has 6 heteroatoms. The summed E-state index contributed by atoms with van der Waals surface area (Å²) in [5.74, 6) is -0.210. The van der Waals surface area contributed by atoms with Gasteiger partial charge in [0.05, 0.1) is 20.1 Å². The Morgan fingerprint density at radius 3 is 2.12 bits per heavy atom. The Balaban J connectivity index is 3.03. The minimum absolute atomic E-state index is 0.210. The summed E-state index contributed by atoms with van der Waals surface area (Å²) < 4.78 is 0.0887. The molecule has 0 aliphatic rings. The van der Waals surface area contributed by atoms with Gasteiger partial charge in [-0.1, -0.05) is 55.1 Å². The monoisotopic (exact) mass is 387 g/mol. The van der Waals surface area contributed by atoms with Gasteiger partial charge in [0, 0.05) is 4.47 Å². The number of carbonyl (C=O) groups is 1. The van der Waals surface area contributed by atoms with Gasteiger partial charge in [-0.25, -0.2) is 0 Å². The zero-order valence-electron chi connectivity index (χ0n) is 8.57. The Morgan fingerprint density at radius 1 is 1.31 bits per heavy atom. The van der Waals surface area contributed by atoms with Crippen LogP contribution in [0.3, 0.4) is 0 Å².